The summed E-state index contributed by atoms with van der Waals surface area (Å²) in [5.74, 6) is -0.0504. The minimum atomic E-state index is -4.21. The number of hydrogen-bond donors (Lipinski definition) is 4. The largest absolute Gasteiger partial charge is 0.368 e. The van der Waals surface area contributed by atoms with Crippen molar-refractivity contribution in [2.24, 2.45) is 0 Å². The van der Waals surface area contributed by atoms with Crippen LogP contribution in [0.5, 0.6) is 0 Å². The topological polar surface area (TPSA) is 156 Å². The predicted molar refractivity (Wildman–Crippen MR) is 69.2 cm³/mol. The fourth-order valence-electron chi connectivity index (χ4n) is 1.67. The first kappa shape index (κ1) is 14.7. The summed E-state index contributed by atoms with van der Waals surface area (Å²) in [7, 11) is -4.21. The summed E-state index contributed by atoms with van der Waals surface area (Å²) >= 11 is 0. The maximum Gasteiger partial charge on any atom is 0.350 e. The molecule has 0 amide bonds. The van der Waals surface area contributed by atoms with Gasteiger partial charge in [0.05, 0.1) is 18.0 Å². The molecule has 2 aromatic rings. The van der Waals surface area contributed by atoms with Gasteiger partial charge in [0, 0.05) is 6.42 Å². The first-order chi connectivity index (χ1) is 9.26. The number of aromatic nitrogens is 4. The number of nitrogens with zero attached hydrogens (tertiary/aromatic N) is 3. The van der Waals surface area contributed by atoms with Gasteiger partial charge in [0.15, 0.2) is 0 Å². The maximum absolute atomic E-state index is 11.6. The summed E-state index contributed by atoms with van der Waals surface area (Å²) in [6.07, 6.45) is 0.566. The van der Waals surface area contributed by atoms with Gasteiger partial charge < -0.3 is 20.3 Å². The van der Waals surface area contributed by atoms with Gasteiger partial charge in [-0.2, -0.15) is 0 Å². The van der Waals surface area contributed by atoms with E-state index in [1.807, 2.05) is 0 Å². The molecule has 20 heavy (non-hydrogen) atoms. The third-order valence-corrected chi connectivity index (χ3v) is 2.97. The van der Waals surface area contributed by atoms with Gasteiger partial charge in [0.1, 0.15) is 6.35 Å². The highest BCUT2D eigenvalue weighted by Crippen LogP contribution is 2.34. The van der Waals surface area contributed by atoms with Gasteiger partial charge in [-0.1, -0.05) is 0 Å². The van der Waals surface area contributed by atoms with Crippen LogP contribution < -0.4 is 11.3 Å². The number of H-pyrrole nitrogens is 1. The first-order valence-corrected chi connectivity index (χ1v) is 7.44. The van der Waals surface area contributed by atoms with E-state index in [4.69, 9.17) is 20.3 Å². The van der Waals surface area contributed by atoms with E-state index >= 15 is 0 Å². The highest BCUT2D eigenvalue weighted by molar-refractivity contribution is 7.51. The fraction of sp³-hybridized carbons (Fsp3) is 0.444. The lowest BCUT2D eigenvalue weighted by molar-refractivity contribution is 0.0877. The second-order valence-corrected chi connectivity index (χ2v) is 5.89. The summed E-state index contributed by atoms with van der Waals surface area (Å²) in [5, 5.41) is 3.93. The van der Waals surface area contributed by atoms with Crippen molar-refractivity contribution in [2.45, 2.75) is 19.4 Å². The van der Waals surface area contributed by atoms with E-state index in [1.54, 1.807) is 6.92 Å². The Morgan fingerprint density at radius 1 is 1.60 bits per heavy atom. The molecular weight excluding hydrogens is 289 g/mol. The highest BCUT2D eigenvalue weighted by Gasteiger charge is 2.17. The van der Waals surface area contributed by atoms with E-state index in [0.717, 1.165) is 0 Å². The van der Waals surface area contributed by atoms with Gasteiger partial charge in [-0.3, -0.25) is 14.3 Å². The molecule has 1 unspecified atom stereocenters. The molecule has 1 atom stereocenters. The second kappa shape index (κ2) is 5.33. The molecule has 0 bridgehead atoms. The smallest absolute Gasteiger partial charge is 0.350 e. The number of aromatic amines is 1. The monoisotopic (exact) mass is 303 g/mol. The summed E-state index contributed by atoms with van der Waals surface area (Å²) in [6, 6.07) is 0. The molecule has 0 saturated carbocycles. The molecule has 10 nitrogen and oxygen atoms in total. The molecule has 0 saturated heterocycles. The zero-order valence-electron chi connectivity index (χ0n) is 10.6. The van der Waals surface area contributed by atoms with E-state index in [-0.39, 0.29) is 18.0 Å². The lowest BCUT2D eigenvalue weighted by Crippen LogP contribution is -2.19. The van der Waals surface area contributed by atoms with Crippen molar-refractivity contribution in [1.29, 1.82) is 0 Å². The quantitative estimate of drug-likeness (QED) is 0.517. The summed E-state index contributed by atoms with van der Waals surface area (Å²) in [5.41, 5.74) is 5.63. The number of nitrogens with one attached hydrogen (secondary N) is 1. The van der Waals surface area contributed by atoms with Gasteiger partial charge in [-0.25, -0.2) is 9.50 Å². The Labute approximate surface area is 112 Å². The van der Waals surface area contributed by atoms with Crippen LogP contribution in [0.1, 0.15) is 12.6 Å². The number of nitrogens with two attached hydrogens (primary N) is 1. The van der Waals surface area contributed by atoms with E-state index < -0.39 is 25.6 Å². The molecule has 0 aliphatic rings. The predicted octanol–water partition coefficient (Wildman–Crippen LogP) is -0.917. The van der Waals surface area contributed by atoms with Crippen LogP contribution in [-0.2, 0) is 15.7 Å². The van der Waals surface area contributed by atoms with Crippen LogP contribution in [0.25, 0.3) is 5.65 Å². The number of anilines is 1. The summed E-state index contributed by atoms with van der Waals surface area (Å²) in [4.78, 5) is 35.3. The molecule has 0 radical (unpaired) electrons. The van der Waals surface area contributed by atoms with Crippen molar-refractivity contribution >= 4 is 19.2 Å². The van der Waals surface area contributed by atoms with Crippen LogP contribution in [-0.4, -0.2) is 41.8 Å². The molecular formula is C9H14N5O5P. The van der Waals surface area contributed by atoms with Gasteiger partial charge in [0.2, 0.25) is 11.6 Å². The van der Waals surface area contributed by atoms with Crippen molar-refractivity contribution in [2.75, 3.05) is 12.1 Å². The van der Waals surface area contributed by atoms with Crippen LogP contribution in [0, 0.1) is 0 Å². The fourth-order valence-corrected chi connectivity index (χ4v) is 2.12. The van der Waals surface area contributed by atoms with Gasteiger partial charge >= 0.3 is 7.60 Å². The average Bonchev–Trinajstić information content (AvgIpc) is 2.69. The summed E-state index contributed by atoms with van der Waals surface area (Å²) in [6.45, 7) is 1.64. The van der Waals surface area contributed by atoms with Crippen LogP contribution in [0.3, 0.4) is 0 Å². The van der Waals surface area contributed by atoms with Crippen molar-refractivity contribution in [1.82, 2.24) is 19.6 Å². The lowest BCUT2D eigenvalue weighted by Gasteiger charge is -2.13. The van der Waals surface area contributed by atoms with Gasteiger partial charge in [0.25, 0.3) is 5.56 Å². The lowest BCUT2D eigenvalue weighted by atomic mass is 10.2. The van der Waals surface area contributed by atoms with Crippen molar-refractivity contribution < 1.29 is 19.1 Å². The number of rotatable bonds is 5. The van der Waals surface area contributed by atoms with E-state index in [9.17, 15) is 9.36 Å². The van der Waals surface area contributed by atoms with Crippen LogP contribution in [0.2, 0.25) is 0 Å². The molecule has 110 valence electrons. The Balaban J connectivity index is 2.18. The normalized spacial score (nSPS) is 13.8. The third-order valence-electron chi connectivity index (χ3n) is 2.48. The standard InChI is InChI=1S/C9H14N5O5P/c1-5(19-4-20(16,17)18)2-6-3-11-7-8(15)12-9(10)13-14(6)7/h3,5H,2,4H2,1H3,(H2,16,17,18)(H3,10,12,13,15). The molecule has 11 heteroatoms. The first-order valence-electron chi connectivity index (χ1n) is 5.65. The molecule has 0 fully saturated rings. The molecule has 0 spiro atoms. The van der Waals surface area contributed by atoms with Crippen LogP contribution >= 0.6 is 7.60 Å². The Morgan fingerprint density at radius 3 is 2.95 bits per heavy atom. The van der Waals surface area contributed by atoms with E-state index in [1.165, 1.54) is 10.7 Å². The number of ether oxygens (including phenoxy) is 1. The number of hydrogen-bond acceptors (Lipinski definition) is 6. The maximum atomic E-state index is 11.6. The van der Waals surface area contributed by atoms with Crippen LogP contribution in [0.15, 0.2) is 11.0 Å². The molecule has 2 heterocycles. The van der Waals surface area contributed by atoms with Crippen molar-refractivity contribution in [3.8, 4) is 0 Å². The average molecular weight is 303 g/mol. The minimum Gasteiger partial charge on any atom is -0.368 e. The molecule has 0 aromatic carbocycles. The number of nitrogen functional groups attached to an aromatic ring is 1. The van der Waals surface area contributed by atoms with E-state index in [0.29, 0.717) is 5.69 Å². The molecule has 0 aliphatic heterocycles. The molecule has 2 rings (SSSR count). The van der Waals surface area contributed by atoms with Crippen LogP contribution in [0.4, 0.5) is 5.95 Å². The van der Waals surface area contributed by atoms with E-state index in [2.05, 4.69) is 15.1 Å². The Hall–Kier alpha value is -1.74. The van der Waals surface area contributed by atoms with Gasteiger partial charge in [-0.05, 0) is 6.92 Å². The highest BCUT2D eigenvalue weighted by atomic mass is 31.2. The van der Waals surface area contributed by atoms with Crippen molar-refractivity contribution in [3.63, 3.8) is 0 Å². The molecule has 5 N–H and O–H groups in total. The number of imidazole rings is 1. The summed E-state index contributed by atoms with van der Waals surface area (Å²) < 4.78 is 17.0. The second-order valence-electron chi connectivity index (χ2n) is 4.30. The van der Waals surface area contributed by atoms with Crippen molar-refractivity contribution in [3.05, 3.63) is 22.2 Å². The zero-order chi connectivity index (χ0) is 14.9. The Kier molecular flexibility index (Phi) is 3.91. The SMILES string of the molecule is CC(Cc1cnc2c(=O)[nH]c(N)nn12)OCP(=O)(O)O. The molecule has 2 aromatic heterocycles. The van der Waals surface area contributed by atoms with Gasteiger partial charge in [-0.15, -0.1) is 5.10 Å². The zero-order valence-corrected chi connectivity index (χ0v) is 11.4. The Bertz CT molecular complexity index is 719. The Morgan fingerprint density at radius 2 is 2.30 bits per heavy atom. The third kappa shape index (κ3) is 3.42. The molecule has 0 aliphatic carbocycles. The minimum absolute atomic E-state index is 0.0504. The number of fused-ring (bicyclic) bond motifs is 1.